The minimum absolute atomic E-state index is 0.0223. The summed E-state index contributed by atoms with van der Waals surface area (Å²) in [6.07, 6.45) is 4.71. The highest BCUT2D eigenvalue weighted by atomic mass is 16.6. The lowest BCUT2D eigenvalue weighted by molar-refractivity contribution is -0.385. The van der Waals surface area contributed by atoms with Gasteiger partial charge in [0.15, 0.2) is 0 Å². The Morgan fingerprint density at radius 2 is 2.27 bits per heavy atom. The van der Waals surface area contributed by atoms with Gasteiger partial charge in [-0.2, -0.15) is 0 Å². The van der Waals surface area contributed by atoms with Crippen molar-refractivity contribution < 1.29 is 4.92 Å². The largest absolute Gasteiger partial charge is 0.370 e. The van der Waals surface area contributed by atoms with Crippen LogP contribution >= 0.6 is 0 Å². The van der Waals surface area contributed by atoms with Gasteiger partial charge in [-0.1, -0.05) is 19.8 Å². The summed E-state index contributed by atoms with van der Waals surface area (Å²) in [5.41, 5.74) is 0.0223. The molecule has 0 aromatic carbocycles. The van der Waals surface area contributed by atoms with E-state index in [2.05, 4.69) is 17.2 Å². The molecule has 0 atom stereocenters. The molecule has 1 rings (SSSR count). The van der Waals surface area contributed by atoms with Gasteiger partial charge >= 0.3 is 0 Å². The van der Waals surface area contributed by atoms with Crippen LogP contribution in [0.25, 0.3) is 0 Å². The summed E-state index contributed by atoms with van der Waals surface area (Å²) < 4.78 is 0. The Kier molecular flexibility index (Phi) is 4.53. The van der Waals surface area contributed by atoms with Gasteiger partial charge in [0.1, 0.15) is 12.0 Å². The minimum Gasteiger partial charge on any atom is -0.370 e. The molecule has 0 radical (unpaired) electrons. The van der Waals surface area contributed by atoms with Gasteiger partial charge in [0.05, 0.1) is 4.92 Å². The van der Waals surface area contributed by atoms with Gasteiger partial charge in [-0.15, -0.1) is 0 Å². The third kappa shape index (κ3) is 3.93. The first kappa shape index (κ1) is 11.4. The minimum atomic E-state index is -0.451. The molecule has 0 aliphatic heterocycles. The Balaban J connectivity index is 2.39. The van der Waals surface area contributed by atoms with Gasteiger partial charge in [-0.05, 0) is 12.5 Å². The molecule has 5 nitrogen and oxygen atoms in total. The molecular weight excluding hydrogens is 194 g/mol. The smallest absolute Gasteiger partial charge is 0.287 e. The molecule has 1 aromatic heterocycles. The third-order valence-corrected chi connectivity index (χ3v) is 2.05. The van der Waals surface area contributed by atoms with Crippen molar-refractivity contribution in [3.05, 3.63) is 28.4 Å². The monoisotopic (exact) mass is 209 g/mol. The number of anilines is 1. The standard InChI is InChI=1S/C10H15N3O2/c1-2-3-4-7-11-10-6-5-9(8-12-10)13(14)15/h5-6,8H,2-4,7H2,1H3,(H,11,12). The van der Waals surface area contributed by atoms with E-state index in [-0.39, 0.29) is 5.69 Å². The van der Waals surface area contributed by atoms with E-state index < -0.39 is 4.92 Å². The number of nitrogens with zero attached hydrogens (tertiary/aromatic N) is 2. The van der Waals surface area contributed by atoms with Crippen LogP contribution in [0, 0.1) is 10.1 Å². The first-order valence-corrected chi connectivity index (χ1v) is 5.08. The van der Waals surface area contributed by atoms with Crippen LogP contribution < -0.4 is 5.32 Å². The van der Waals surface area contributed by atoms with Crippen molar-refractivity contribution in [2.24, 2.45) is 0 Å². The predicted octanol–water partition coefficient (Wildman–Crippen LogP) is 2.59. The fourth-order valence-corrected chi connectivity index (χ4v) is 1.19. The molecule has 5 heteroatoms. The van der Waals surface area contributed by atoms with Crippen molar-refractivity contribution >= 4 is 11.5 Å². The Hall–Kier alpha value is -1.65. The van der Waals surface area contributed by atoms with Crippen LogP contribution in [0.15, 0.2) is 18.3 Å². The van der Waals surface area contributed by atoms with Crippen LogP contribution in [-0.4, -0.2) is 16.5 Å². The quantitative estimate of drug-likeness (QED) is 0.444. The van der Waals surface area contributed by atoms with Gasteiger partial charge in [0.25, 0.3) is 5.69 Å². The van der Waals surface area contributed by atoms with Crippen molar-refractivity contribution in [3.8, 4) is 0 Å². The number of pyridine rings is 1. The van der Waals surface area contributed by atoms with Crippen LogP contribution in [0.4, 0.5) is 11.5 Å². The van der Waals surface area contributed by atoms with Crippen molar-refractivity contribution in [3.63, 3.8) is 0 Å². The second-order valence-corrected chi connectivity index (χ2v) is 3.29. The number of hydrogen-bond acceptors (Lipinski definition) is 4. The van der Waals surface area contributed by atoms with Crippen LogP contribution in [0.2, 0.25) is 0 Å². The first-order valence-electron chi connectivity index (χ1n) is 5.08. The van der Waals surface area contributed by atoms with E-state index in [9.17, 15) is 10.1 Å². The average molecular weight is 209 g/mol. The normalized spacial score (nSPS) is 9.93. The molecule has 82 valence electrons. The number of nitrogens with one attached hydrogen (secondary N) is 1. The van der Waals surface area contributed by atoms with Gasteiger partial charge in [-0.25, -0.2) is 4.98 Å². The lowest BCUT2D eigenvalue weighted by Gasteiger charge is -2.03. The maximum absolute atomic E-state index is 10.4. The molecule has 0 unspecified atom stereocenters. The van der Waals surface area contributed by atoms with E-state index in [1.165, 1.54) is 25.1 Å². The van der Waals surface area contributed by atoms with E-state index >= 15 is 0 Å². The van der Waals surface area contributed by atoms with Crippen molar-refractivity contribution in [1.82, 2.24) is 4.98 Å². The maximum Gasteiger partial charge on any atom is 0.287 e. The highest BCUT2D eigenvalue weighted by Crippen LogP contribution is 2.11. The third-order valence-electron chi connectivity index (χ3n) is 2.05. The van der Waals surface area contributed by atoms with Gasteiger partial charge in [0.2, 0.25) is 0 Å². The molecule has 0 amide bonds. The summed E-state index contributed by atoms with van der Waals surface area (Å²) in [5.74, 6) is 0.691. The van der Waals surface area contributed by atoms with Crippen LogP contribution in [0.1, 0.15) is 26.2 Å². The molecule has 0 aliphatic carbocycles. The van der Waals surface area contributed by atoms with Gasteiger partial charge < -0.3 is 5.32 Å². The molecular formula is C10H15N3O2. The second kappa shape index (κ2) is 5.95. The molecule has 0 spiro atoms. The van der Waals surface area contributed by atoms with Crippen molar-refractivity contribution in [1.29, 1.82) is 0 Å². The van der Waals surface area contributed by atoms with E-state index in [1.807, 2.05) is 0 Å². The molecule has 0 bridgehead atoms. The highest BCUT2D eigenvalue weighted by molar-refractivity contribution is 5.39. The summed E-state index contributed by atoms with van der Waals surface area (Å²) in [6.45, 7) is 3.00. The lowest BCUT2D eigenvalue weighted by atomic mass is 10.2. The molecule has 1 N–H and O–H groups in total. The Morgan fingerprint density at radius 3 is 2.80 bits per heavy atom. The molecule has 0 aliphatic rings. The lowest BCUT2D eigenvalue weighted by Crippen LogP contribution is -2.03. The maximum atomic E-state index is 10.4. The summed E-state index contributed by atoms with van der Waals surface area (Å²) in [7, 11) is 0. The number of rotatable bonds is 6. The average Bonchev–Trinajstić information content (AvgIpc) is 2.25. The summed E-state index contributed by atoms with van der Waals surface area (Å²) in [5, 5.41) is 13.5. The molecule has 0 saturated heterocycles. The van der Waals surface area contributed by atoms with Crippen molar-refractivity contribution in [2.45, 2.75) is 26.2 Å². The molecule has 1 aromatic rings. The van der Waals surface area contributed by atoms with E-state index in [4.69, 9.17) is 0 Å². The number of nitro groups is 1. The molecule has 15 heavy (non-hydrogen) atoms. The zero-order valence-electron chi connectivity index (χ0n) is 8.77. The molecule has 1 heterocycles. The topological polar surface area (TPSA) is 68.1 Å². The van der Waals surface area contributed by atoms with E-state index in [1.54, 1.807) is 6.07 Å². The van der Waals surface area contributed by atoms with Crippen LogP contribution in [0.5, 0.6) is 0 Å². The Bertz CT molecular complexity index is 311. The Morgan fingerprint density at radius 1 is 1.47 bits per heavy atom. The highest BCUT2D eigenvalue weighted by Gasteiger charge is 2.04. The van der Waals surface area contributed by atoms with Gasteiger partial charge in [0, 0.05) is 12.6 Å². The zero-order valence-corrected chi connectivity index (χ0v) is 8.77. The molecule has 0 saturated carbocycles. The number of aromatic nitrogens is 1. The zero-order chi connectivity index (χ0) is 11.1. The number of hydrogen-bond donors (Lipinski definition) is 1. The number of unbranched alkanes of at least 4 members (excludes halogenated alkanes) is 2. The summed E-state index contributed by atoms with van der Waals surface area (Å²) in [6, 6.07) is 3.08. The predicted molar refractivity (Wildman–Crippen MR) is 58.9 cm³/mol. The first-order chi connectivity index (χ1) is 7.24. The van der Waals surface area contributed by atoms with Gasteiger partial charge in [-0.3, -0.25) is 10.1 Å². The fraction of sp³-hybridized carbons (Fsp3) is 0.500. The van der Waals surface area contributed by atoms with Crippen molar-refractivity contribution in [2.75, 3.05) is 11.9 Å². The van der Waals surface area contributed by atoms with E-state index in [0.717, 1.165) is 13.0 Å². The van der Waals surface area contributed by atoms with E-state index in [0.29, 0.717) is 5.82 Å². The second-order valence-electron chi connectivity index (χ2n) is 3.29. The molecule has 0 fully saturated rings. The fourth-order valence-electron chi connectivity index (χ4n) is 1.19. The SMILES string of the molecule is CCCCCNc1ccc([N+](=O)[O-])cn1. The Labute approximate surface area is 88.7 Å². The van der Waals surface area contributed by atoms with Crippen LogP contribution in [0.3, 0.4) is 0 Å². The van der Waals surface area contributed by atoms with Crippen LogP contribution in [-0.2, 0) is 0 Å². The summed E-state index contributed by atoms with van der Waals surface area (Å²) >= 11 is 0. The summed E-state index contributed by atoms with van der Waals surface area (Å²) in [4.78, 5) is 13.9.